The average Bonchev–Trinajstić information content (AvgIpc) is 0.705. The van der Waals surface area contributed by atoms with Gasteiger partial charge in [0.25, 0.3) is 34.4 Å². The van der Waals surface area contributed by atoms with Gasteiger partial charge in [0.1, 0.15) is 5.82 Å². The zero-order chi connectivity index (χ0) is 77.9. The van der Waals surface area contributed by atoms with Crippen molar-refractivity contribution in [2.45, 2.75) is 225 Å². The Bertz CT molecular complexity index is 4390. The molecule has 3 aromatic carbocycles. The molecular weight excluding hydrogens is 1410 g/mol. The molecule has 4 aliphatic rings. The van der Waals surface area contributed by atoms with Gasteiger partial charge in [0.05, 0.1) is 0 Å². The highest BCUT2D eigenvalue weighted by Crippen LogP contribution is 2.38. The number of aliphatic hydroxyl groups is 1. The van der Waals surface area contributed by atoms with Crippen LogP contribution in [-0.4, -0.2) is 138 Å². The van der Waals surface area contributed by atoms with E-state index in [4.69, 9.17) is 32.9 Å². The first-order valence-electron chi connectivity index (χ1n) is 39.5. The summed E-state index contributed by atoms with van der Waals surface area (Å²) in [5.74, 6) is 0.769. The van der Waals surface area contributed by atoms with Crippen molar-refractivity contribution in [1.29, 1.82) is 0 Å². The Morgan fingerprint density at radius 3 is 1.38 bits per heavy atom. The summed E-state index contributed by atoms with van der Waals surface area (Å²) < 4.78 is 5.66. The number of ether oxygens (including phenoxy) is 1. The molecule has 592 valence electrons. The quantitative estimate of drug-likeness (QED) is 0.0282. The standard InChI is InChI=1S/C35H47N5O3.C26H37ClN4O2.C25H34ClN3O3.CH4/c1-5-10-26-19-24(3)38-35(42)31(26)23-37-34(41)30-20-28(27-11-12-33(36-22-27)39-15-8-7-9-16-39)21-32(25(30)4)40(6-2)29-13-17-43-18-14-29;1-6-8-19-13-17(3)29-26(33)23(19)16-28-25(32)22-14-20(27)15-24(18(22)4)31(7-2)21-9-11-30(5)12-10-21;1-5-29(20-8-6-18(14-30)7-9-20)23-12-19(26)11-21(17(23)4)24(31)27-13-22-15(2)10-16(3)28-25(22)32;/h11-12,19-22,29H,5-10,13-18,23H2,1-4H3,(H,37,41)(H,38,42);13-15,21H,6-12,16H2,1-5H3,(H,28,32)(H,29,33);10-12,18,20,30H,5-9,13-14H2,1-4H3,(H,27,31)(H,28,32);1H4. The molecule has 22 heteroatoms. The molecule has 11 rings (SSSR count). The first-order valence-corrected chi connectivity index (χ1v) is 40.2. The first kappa shape index (κ1) is 86.3. The summed E-state index contributed by atoms with van der Waals surface area (Å²) >= 11 is 12.9. The molecule has 7 aromatic rings. The van der Waals surface area contributed by atoms with E-state index >= 15 is 0 Å². The number of amides is 3. The Hall–Kier alpha value is -8.27. The van der Waals surface area contributed by atoms with Crippen LogP contribution in [-0.2, 0) is 37.2 Å². The summed E-state index contributed by atoms with van der Waals surface area (Å²) in [6.45, 7) is 33.1. The van der Waals surface area contributed by atoms with E-state index in [0.717, 1.165) is 221 Å². The van der Waals surface area contributed by atoms with E-state index in [2.05, 4.69) is 115 Å². The van der Waals surface area contributed by atoms with Crippen LogP contribution in [0.1, 0.15) is 224 Å². The highest BCUT2D eigenvalue weighted by molar-refractivity contribution is 6.31. The summed E-state index contributed by atoms with van der Waals surface area (Å²) in [7, 11) is 2.16. The molecule has 4 aromatic heterocycles. The number of halogens is 2. The van der Waals surface area contributed by atoms with Crippen molar-refractivity contribution in [3.8, 4) is 11.1 Å². The molecule has 20 nitrogen and oxygen atoms in total. The maximum Gasteiger partial charge on any atom is 0.253 e. The van der Waals surface area contributed by atoms with Crippen molar-refractivity contribution in [1.82, 2.24) is 40.8 Å². The lowest BCUT2D eigenvalue weighted by molar-refractivity contribution is 0.0845. The molecule has 109 heavy (non-hydrogen) atoms. The van der Waals surface area contributed by atoms with Gasteiger partial charge in [0, 0.05) is 180 Å². The minimum atomic E-state index is -0.245. The Labute approximate surface area is 656 Å². The van der Waals surface area contributed by atoms with Crippen molar-refractivity contribution < 1.29 is 24.2 Å². The van der Waals surface area contributed by atoms with Crippen LogP contribution in [0.4, 0.5) is 22.9 Å². The van der Waals surface area contributed by atoms with Crippen molar-refractivity contribution in [3.05, 3.63) is 198 Å². The summed E-state index contributed by atoms with van der Waals surface area (Å²) in [4.78, 5) is 103. The van der Waals surface area contributed by atoms with E-state index in [1.807, 2.05) is 91.1 Å². The highest BCUT2D eigenvalue weighted by atomic mass is 35.5. The predicted octanol–water partition coefficient (Wildman–Crippen LogP) is 15.3. The number of carbonyl (C=O) groups is 3. The second kappa shape index (κ2) is 41.1. The molecule has 3 saturated heterocycles. The lowest BCUT2D eigenvalue weighted by Gasteiger charge is -2.39. The van der Waals surface area contributed by atoms with E-state index in [9.17, 15) is 33.9 Å². The van der Waals surface area contributed by atoms with E-state index in [-0.39, 0.29) is 68.1 Å². The molecule has 0 unspecified atom stereocenters. The van der Waals surface area contributed by atoms with Crippen molar-refractivity contribution >= 4 is 63.8 Å². The highest BCUT2D eigenvalue weighted by Gasteiger charge is 2.31. The average molecular weight is 1530 g/mol. The third-order valence-corrected chi connectivity index (χ3v) is 22.8. The number of aromatic nitrogens is 4. The van der Waals surface area contributed by atoms with Crippen molar-refractivity contribution in [3.63, 3.8) is 0 Å². The van der Waals surface area contributed by atoms with Crippen LogP contribution in [0.15, 0.2) is 87.3 Å². The zero-order valence-electron chi connectivity index (χ0n) is 66.3. The fourth-order valence-electron chi connectivity index (χ4n) is 16.3. The van der Waals surface area contributed by atoms with E-state index < -0.39 is 0 Å². The number of H-pyrrole nitrogens is 3. The summed E-state index contributed by atoms with van der Waals surface area (Å²) in [5, 5.41) is 19.5. The number of aliphatic hydroxyl groups excluding tert-OH is 1. The van der Waals surface area contributed by atoms with Gasteiger partial charge in [-0.25, -0.2) is 4.98 Å². The third kappa shape index (κ3) is 22.3. The van der Waals surface area contributed by atoms with Crippen LogP contribution in [0.2, 0.25) is 10.0 Å². The predicted molar refractivity (Wildman–Crippen MR) is 447 cm³/mol. The van der Waals surface area contributed by atoms with Crippen LogP contribution in [0.5, 0.6) is 0 Å². The Kier molecular flexibility index (Phi) is 32.6. The summed E-state index contributed by atoms with van der Waals surface area (Å²) in [6, 6.07) is 22.8. The third-order valence-electron chi connectivity index (χ3n) is 22.3. The molecule has 0 radical (unpaired) electrons. The Balaban J connectivity index is 0.000000208. The number of likely N-dealkylation sites (tertiary alicyclic amines) is 1. The van der Waals surface area contributed by atoms with E-state index in [0.29, 0.717) is 67.5 Å². The van der Waals surface area contributed by atoms with E-state index in [1.54, 1.807) is 12.1 Å². The van der Waals surface area contributed by atoms with Crippen LogP contribution in [0.3, 0.4) is 0 Å². The Morgan fingerprint density at radius 2 is 0.945 bits per heavy atom. The van der Waals surface area contributed by atoms with Gasteiger partial charge in [-0.2, -0.15) is 0 Å². The zero-order valence-corrected chi connectivity index (χ0v) is 67.8. The number of piperidine rings is 2. The topological polar surface area (TPSA) is 244 Å². The molecule has 7 N–H and O–H groups in total. The lowest BCUT2D eigenvalue weighted by atomic mass is 9.85. The van der Waals surface area contributed by atoms with Gasteiger partial charge >= 0.3 is 0 Å². The molecule has 0 bridgehead atoms. The molecular formula is C87H122Cl2N12O8. The number of carbonyl (C=O) groups excluding carboxylic acids is 3. The molecule has 3 aliphatic heterocycles. The number of hydrogen-bond donors (Lipinski definition) is 7. The number of hydrogen-bond acceptors (Lipinski definition) is 14. The smallest absolute Gasteiger partial charge is 0.253 e. The second-order valence-electron chi connectivity index (χ2n) is 30.0. The van der Waals surface area contributed by atoms with Gasteiger partial charge in [-0.3, -0.25) is 28.8 Å². The monoisotopic (exact) mass is 1530 g/mol. The van der Waals surface area contributed by atoms with Crippen molar-refractivity contribution in [2.24, 2.45) is 5.92 Å². The van der Waals surface area contributed by atoms with E-state index in [1.165, 1.54) is 19.3 Å². The molecule has 1 aliphatic carbocycles. The Morgan fingerprint density at radius 1 is 0.523 bits per heavy atom. The number of nitrogens with zero attached hydrogens (tertiary/aromatic N) is 6. The van der Waals surface area contributed by atoms with Crippen LogP contribution in [0, 0.1) is 54.4 Å². The number of aryl methyl sites for hydroxylation is 6. The van der Waals surface area contributed by atoms with Gasteiger partial charge in [-0.1, -0.05) is 57.3 Å². The van der Waals surface area contributed by atoms with Crippen LogP contribution in [0.25, 0.3) is 11.1 Å². The minimum absolute atomic E-state index is 0. The number of pyridine rings is 4. The minimum Gasteiger partial charge on any atom is -0.396 e. The summed E-state index contributed by atoms with van der Waals surface area (Å²) in [6.07, 6.45) is 17.2. The molecule has 0 atom stereocenters. The van der Waals surface area contributed by atoms with Gasteiger partial charge in [-0.15, -0.1) is 0 Å². The fourth-order valence-corrected chi connectivity index (χ4v) is 16.7. The van der Waals surface area contributed by atoms with Gasteiger partial charge in [0.2, 0.25) is 0 Å². The first-order chi connectivity index (χ1) is 51.9. The normalized spacial score (nSPS) is 16.2. The maximum atomic E-state index is 13.9. The molecule has 3 amide bonds. The van der Waals surface area contributed by atoms with Crippen molar-refractivity contribution in [2.75, 3.05) is 92.3 Å². The SMILES string of the molecule is C.CCCc1cc(C)[nH]c(=O)c1CNC(=O)c1cc(-c2ccc(N3CCCCC3)nc2)cc(N(CC)C2CCOCC2)c1C.CCCc1cc(C)[nH]c(=O)c1CNC(=O)c1cc(Cl)cc(N(CC)C2CCN(C)CC2)c1C.CCN(c1cc(Cl)cc(C(=O)NCc2c(C)cc(C)[nH]c2=O)c1C)C1CCC(CO)CC1. The fraction of sp³-hybridized carbons (Fsp3) is 0.529. The van der Waals surface area contributed by atoms with Gasteiger partial charge < -0.3 is 65.2 Å². The maximum absolute atomic E-state index is 13.9. The largest absolute Gasteiger partial charge is 0.396 e. The number of benzene rings is 3. The summed E-state index contributed by atoms with van der Waals surface area (Å²) in [5.41, 5.74) is 16.1. The van der Waals surface area contributed by atoms with Gasteiger partial charge in [-0.05, 0) is 284 Å². The number of rotatable bonds is 25. The molecule has 1 saturated carbocycles. The molecule has 7 heterocycles. The van der Waals surface area contributed by atoms with Crippen LogP contribution < -0.4 is 52.2 Å². The van der Waals surface area contributed by atoms with Crippen LogP contribution >= 0.6 is 23.2 Å². The molecule has 0 spiro atoms. The van der Waals surface area contributed by atoms with Gasteiger partial charge in [0.15, 0.2) is 0 Å². The number of nitrogens with one attached hydrogen (secondary N) is 6. The lowest BCUT2D eigenvalue weighted by Crippen LogP contribution is -2.44. The molecule has 4 fully saturated rings. The second-order valence-corrected chi connectivity index (χ2v) is 30.8. The number of anilines is 4. The number of aromatic amines is 3.